The molecule has 0 fully saturated rings. The molecular formula is C12H26IN3O2S. The van der Waals surface area contributed by atoms with Crippen LogP contribution in [0.4, 0.5) is 0 Å². The standard InChI is InChI=1S/C12H25N3O2S.HI/c1-9(10(16)17-5)7-14-11(13-4)15-8-12(2,3)18-6;/h9H,7-8H2,1-6H3,(H2,13,14,15);1H. The molecular weight excluding hydrogens is 377 g/mol. The number of rotatable bonds is 6. The van der Waals surface area contributed by atoms with Crippen LogP contribution in [0, 0.1) is 5.92 Å². The zero-order valence-corrected chi connectivity index (χ0v) is 15.7. The molecule has 0 bridgehead atoms. The van der Waals surface area contributed by atoms with E-state index in [1.807, 2.05) is 6.92 Å². The molecule has 0 saturated carbocycles. The molecule has 0 aliphatic carbocycles. The lowest BCUT2D eigenvalue weighted by Gasteiger charge is -2.24. The number of carbonyl (C=O) groups is 1. The topological polar surface area (TPSA) is 62.7 Å². The van der Waals surface area contributed by atoms with Gasteiger partial charge in [0.05, 0.1) is 13.0 Å². The van der Waals surface area contributed by atoms with Gasteiger partial charge in [0.25, 0.3) is 0 Å². The van der Waals surface area contributed by atoms with Crippen LogP contribution in [0.3, 0.4) is 0 Å². The maximum Gasteiger partial charge on any atom is 0.310 e. The highest BCUT2D eigenvalue weighted by Crippen LogP contribution is 2.19. The van der Waals surface area contributed by atoms with Gasteiger partial charge in [0.15, 0.2) is 5.96 Å². The fourth-order valence-corrected chi connectivity index (χ4v) is 1.34. The third-order valence-corrected chi connectivity index (χ3v) is 3.89. The Hall–Kier alpha value is -0.180. The Bertz CT molecular complexity index is 299. The first-order chi connectivity index (χ1) is 8.36. The molecule has 2 N–H and O–H groups in total. The van der Waals surface area contributed by atoms with Crippen molar-refractivity contribution in [3.8, 4) is 0 Å². The minimum Gasteiger partial charge on any atom is -0.469 e. The van der Waals surface area contributed by atoms with Crippen LogP contribution in [0.1, 0.15) is 20.8 Å². The monoisotopic (exact) mass is 403 g/mol. The molecule has 0 amide bonds. The van der Waals surface area contributed by atoms with E-state index in [1.54, 1.807) is 18.8 Å². The largest absolute Gasteiger partial charge is 0.469 e. The Balaban J connectivity index is 0. The zero-order chi connectivity index (χ0) is 14.2. The van der Waals surface area contributed by atoms with Crippen LogP contribution in [0.2, 0.25) is 0 Å². The quantitative estimate of drug-likeness (QED) is 0.306. The lowest BCUT2D eigenvalue weighted by Crippen LogP contribution is -2.45. The number of nitrogens with zero attached hydrogens (tertiary/aromatic N) is 1. The highest BCUT2D eigenvalue weighted by molar-refractivity contribution is 14.0. The molecule has 0 spiro atoms. The van der Waals surface area contributed by atoms with Gasteiger partial charge in [-0.3, -0.25) is 9.79 Å². The smallest absolute Gasteiger partial charge is 0.310 e. The van der Waals surface area contributed by atoms with Crippen LogP contribution in [-0.4, -0.2) is 50.2 Å². The van der Waals surface area contributed by atoms with Crippen molar-refractivity contribution in [3.63, 3.8) is 0 Å². The minimum atomic E-state index is -0.220. The van der Waals surface area contributed by atoms with Crippen molar-refractivity contribution in [2.45, 2.75) is 25.5 Å². The predicted octanol–water partition coefficient (Wildman–Crippen LogP) is 1.72. The summed E-state index contributed by atoms with van der Waals surface area (Å²) in [6, 6.07) is 0. The second-order valence-electron chi connectivity index (χ2n) is 4.69. The van der Waals surface area contributed by atoms with Crippen molar-refractivity contribution in [1.82, 2.24) is 10.6 Å². The van der Waals surface area contributed by atoms with E-state index in [2.05, 4.69) is 40.5 Å². The molecule has 1 atom stereocenters. The van der Waals surface area contributed by atoms with E-state index in [-0.39, 0.29) is 40.6 Å². The van der Waals surface area contributed by atoms with Crippen molar-refractivity contribution < 1.29 is 9.53 Å². The molecule has 0 aromatic heterocycles. The Morgan fingerprint density at radius 3 is 2.42 bits per heavy atom. The van der Waals surface area contributed by atoms with E-state index in [0.717, 1.165) is 6.54 Å². The van der Waals surface area contributed by atoms with Gasteiger partial charge >= 0.3 is 5.97 Å². The number of thioether (sulfide) groups is 1. The summed E-state index contributed by atoms with van der Waals surface area (Å²) < 4.78 is 4.81. The van der Waals surface area contributed by atoms with Gasteiger partial charge in [-0.25, -0.2) is 0 Å². The molecule has 0 rings (SSSR count). The van der Waals surface area contributed by atoms with Crippen molar-refractivity contribution in [1.29, 1.82) is 0 Å². The fourth-order valence-electron chi connectivity index (χ4n) is 1.12. The number of ether oxygens (including phenoxy) is 1. The summed E-state index contributed by atoms with van der Waals surface area (Å²) in [6.45, 7) is 7.45. The maximum atomic E-state index is 11.3. The SMILES string of the molecule is CN=C(NCC(C)C(=O)OC)NCC(C)(C)SC.I. The van der Waals surface area contributed by atoms with Crippen molar-refractivity contribution >= 4 is 47.7 Å². The number of nitrogens with one attached hydrogen (secondary N) is 2. The predicted molar refractivity (Wildman–Crippen MR) is 93.6 cm³/mol. The summed E-state index contributed by atoms with van der Waals surface area (Å²) in [7, 11) is 3.11. The molecule has 0 aromatic rings. The Kier molecular flexibility index (Phi) is 11.8. The summed E-state index contributed by atoms with van der Waals surface area (Å²) >= 11 is 1.79. The molecule has 0 aliphatic heterocycles. The average molecular weight is 403 g/mol. The molecule has 114 valence electrons. The molecule has 19 heavy (non-hydrogen) atoms. The van der Waals surface area contributed by atoms with E-state index in [0.29, 0.717) is 12.5 Å². The second-order valence-corrected chi connectivity index (χ2v) is 6.21. The Labute approximate surface area is 137 Å². The van der Waals surface area contributed by atoms with E-state index < -0.39 is 0 Å². The second kappa shape index (κ2) is 10.6. The minimum absolute atomic E-state index is 0. The molecule has 7 heteroatoms. The fraction of sp³-hybridized carbons (Fsp3) is 0.833. The highest BCUT2D eigenvalue weighted by atomic mass is 127. The van der Waals surface area contributed by atoms with Gasteiger partial charge in [0.2, 0.25) is 0 Å². The van der Waals surface area contributed by atoms with Gasteiger partial charge < -0.3 is 15.4 Å². The van der Waals surface area contributed by atoms with E-state index in [1.165, 1.54) is 7.11 Å². The van der Waals surface area contributed by atoms with Crippen LogP contribution in [0.15, 0.2) is 4.99 Å². The van der Waals surface area contributed by atoms with E-state index >= 15 is 0 Å². The van der Waals surface area contributed by atoms with Gasteiger partial charge in [-0.15, -0.1) is 24.0 Å². The van der Waals surface area contributed by atoms with Crippen LogP contribution >= 0.6 is 35.7 Å². The number of carbonyl (C=O) groups excluding carboxylic acids is 1. The van der Waals surface area contributed by atoms with Gasteiger partial charge in [-0.2, -0.15) is 11.8 Å². The van der Waals surface area contributed by atoms with Crippen molar-refractivity contribution in [3.05, 3.63) is 0 Å². The van der Waals surface area contributed by atoms with Gasteiger partial charge in [-0.1, -0.05) is 6.92 Å². The number of guanidine groups is 1. The molecule has 0 aromatic carbocycles. The summed E-state index contributed by atoms with van der Waals surface area (Å²) in [5.74, 6) is 0.289. The lowest BCUT2D eigenvalue weighted by atomic mass is 10.2. The van der Waals surface area contributed by atoms with E-state index in [9.17, 15) is 4.79 Å². The lowest BCUT2D eigenvalue weighted by molar-refractivity contribution is -0.144. The third-order valence-electron chi connectivity index (χ3n) is 2.64. The van der Waals surface area contributed by atoms with Gasteiger partial charge in [-0.05, 0) is 20.1 Å². The first-order valence-electron chi connectivity index (χ1n) is 5.93. The summed E-state index contributed by atoms with van der Waals surface area (Å²) in [6.07, 6.45) is 2.08. The number of hydrogen-bond donors (Lipinski definition) is 2. The van der Waals surface area contributed by atoms with E-state index in [4.69, 9.17) is 0 Å². The van der Waals surface area contributed by atoms with Gasteiger partial charge in [0.1, 0.15) is 0 Å². The van der Waals surface area contributed by atoms with Gasteiger partial charge in [0, 0.05) is 24.9 Å². The first-order valence-corrected chi connectivity index (χ1v) is 7.16. The van der Waals surface area contributed by atoms with Crippen LogP contribution in [-0.2, 0) is 9.53 Å². The first kappa shape index (κ1) is 21.1. The molecule has 0 saturated heterocycles. The number of aliphatic imine (C=N–C) groups is 1. The molecule has 1 unspecified atom stereocenters. The number of hydrogen-bond acceptors (Lipinski definition) is 4. The highest BCUT2D eigenvalue weighted by Gasteiger charge is 2.17. The van der Waals surface area contributed by atoms with Crippen molar-refractivity contribution in [2.75, 3.05) is 33.5 Å². The zero-order valence-electron chi connectivity index (χ0n) is 12.6. The van der Waals surface area contributed by atoms with Crippen molar-refractivity contribution in [2.24, 2.45) is 10.9 Å². The molecule has 0 heterocycles. The summed E-state index contributed by atoms with van der Waals surface area (Å²) in [5.41, 5.74) is 0. The Morgan fingerprint density at radius 2 is 2.00 bits per heavy atom. The molecule has 0 aliphatic rings. The van der Waals surface area contributed by atoms with Crippen LogP contribution in [0.5, 0.6) is 0 Å². The normalized spacial score (nSPS) is 13.3. The Morgan fingerprint density at radius 1 is 1.42 bits per heavy atom. The average Bonchev–Trinajstić information content (AvgIpc) is 2.37. The number of esters is 1. The summed E-state index contributed by atoms with van der Waals surface area (Å²) in [5, 5.41) is 6.35. The van der Waals surface area contributed by atoms with Crippen LogP contribution < -0.4 is 10.6 Å². The number of halogens is 1. The number of methoxy groups -OCH3 is 1. The molecule has 5 nitrogen and oxygen atoms in total. The summed E-state index contributed by atoms with van der Waals surface area (Å²) in [4.78, 5) is 15.4. The van der Waals surface area contributed by atoms with Crippen LogP contribution in [0.25, 0.3) is 0 Å². The molecule has 0 radical (unpaired) electrons. The third kappa shape index (κ3) is 9.37. The maximum absolute atomic E-state index is 11.3.